The van der Waals surface area contributed by atoms with Crippen molar-refractivity contribution in [1.29, 1.82) is 0 Å². The van der Waals surface area contributed by atoms with E-state index in [1.54, 1.807) is 6.92 Å². The Hall–Kier alpha value is -2.70. The number of oxazole rings is 1. The van der Waals surface area contributed by atoms with Gasteiger partial charge in [-0.3, -0.25) is 0 Å². The Balaban J connectivity index is 2.16. The van der Waals surface area contributed by atoms with Crippen LogP contribution in [0.2, 0.25) is 0 Å². The SMILES string of the molecule is Cc1nc(N)nc(Nc2c(C)c(C)c3ncoc3c2C)n1. The van der Waals surface area contributed by atoms with Gasteiger partial charge in [0.25, 0.3) is 0 Å². The van der Waals surface area contributed by atoms with Crippen molar-refractivity contribution in [3.05, 3.63) is 28.9 Å². The van der Waals surface area contributed by atoms with Gasteiger partial charge in [-0.05, 0) is 38.8 Å². The molecule has 7 nitrogen and oxygen atoms in total. The van der Waals surface area contributed by atoms with Gasteiger partial charge in [-0.1, -0.05) is 0 Å². The van der Waals surface area contributed by atoms with Crippen molar-refractivity contribution in [2.75, 3.05) is 11.1 Å². The first-order valence-corrected chi connectivity index (χ1v) is 6.55. The van der Waals surface area contributed by atoms with E-state index < -0.39 is 0 Å². The number of hydrogen-bond acceptors (Lipinski definition) is 7. The maximum Gasteiger partial charge on any atom is 0.232 e. The van der Waals surface area contributed by atoms with Crippen LogP contribution in [0, 0.1) is 27.7 Å². The van der Waals surface area contributed by atoms with Crippen molar-refractivity contribution >= 4 is 28.7 Å². The molecule has 0 bridgehead atoms. The van der Waals surface area contributed by atoms with Crippen molar-refractivity contribution in [1.82, 2.24) is 19.9 Å². The number of hydrogen-bond donors (Lipinski definition) is 2. The first kappa shape index (κ1) is 13.3. The van der Waals surface area contributed by atoms with E-state index in [2.05, 4.69) is 25.3 Å². The molecule has 1 aromatic carbocycles. The zero-order valence-electron chi connectivity index (χ0n) is 12.4. The highest BCUT2D eigenvalue weighted by molar-refractivity contribution is 5.88. The minimum Gasteiger partial charge on any atom is -0.443 e. The molecule has 0 radical (unpaired) electrons. The number of aromatic nitrogens is 4. The standard InChI is InChI=1S/C14H16N6O/c1-6-7(2)11-12(21-5-16-11)8(3)10(6)19-14-18-9(4)17-13(15)20-14/h5H,1-4H3,(H3,15,17,18,19,20). The van der Waals surface area contributed by atoms with Gasteiger partial charge in [0.1, 0.15) is 11.3 Å². The Morgan fingerprint density at radius 3 is 2.48 bits per heavy atom. The normalized spacial score (nSPS) is 11.0. The number of nitrogens with zero attached hydrogens (tertiary/aromatic N) is 4. The van der Waals surface area contributed by atoms with Crippen LogP contribution in [0.3, 0.4) is 0 Å². The molecule has 0 aliphatic heterocycles. The number of anilines is 3. The molecule has 108 valence electrons. The van der Waals surface area contributed by atoms with Crippen LogP contribution in [0.1, 0.15) is 22.5 Å². The molecule has 0 aliphatic carbocycles. The van der Waals surface area contributed by atoms with Crippen LogP contribution in [-0.4, -0.2) is 19.9 Å². The van der Waals surface area contributed by atoms with Gasteiger partial charge >= 0.3 is 0 Å². The first-order valence-electron chi connectivity index (χ1n) is 6.55. The second-order valence-electron chi connectivity index (χ2n) is 4.97. The first-order chi connectivity index (χ1) is 9.97. The fourth-order valence-corrected chi connectivity index (χ4v) is 2.40. The summed E-state index contributed by atoms with van der Waals surface area (Å²) < 4.78 is 5.48. The summed E-state index contributed by atoms with van der Waals surface area (Å²) in [5.74, 6) is 1.18. The van der Waals surface area contributed by atoms with E-state index in [4.69, 9.17) is 10.2 Å². The summed E-state index contributed by atoms with van der Waals surface area (Å²) in [5, 5.41) is 3.21. The molecule has 2 heterocycles. The molecule has 0 unspecified atom stereocenters. The molecule has 2 aromatic heterocycles. The third-order valence-corrected chi connectivity index (χ3v) is 3.58. The van der Waals surface area contributed by atoms with Gasteiger partial charge in [-0.15, -0.1) is 0 Å². The molecular weight excluding hydrogens is 268 g/mol. The van der Waals surface area contributed by atoms with Gasteiger partial charge in [-0.25, -0.2) is 4.98 Å². The molecule has 0 atom stereocenters. The van der Waals surface area contributed by atoms with Crippen LogP contribution in [0.4, 0.5) is 17.6 Å². The van der Waals surface area contributed by atoms with E-state index in [0.717, 1.165) is 33.5 Å². The maximum absolute atomic E-state index is 5.66. The summed E-state index contributed by atoms with van der Waals surface area (Å²) >= 11 is 0. The smallest absolute Gasteiger partial charge is 0.232 e. The molecule has 0 saturated heterocycles. The Morgan fingerprint density at radius 2 is 1.76 bits per heavy atom. The number of benzene rings is 1. The van der Waals surface area contributed by atoms with Gasteiger partial charge in [0.2, 0.25) is 11.9 Å². The Morgan fingerprint density at radius 1 is 1.00 bits per heavy atom. The second kappa shape index (κ2) is 4.69. The van der Waals surface area contributed by atoms with Gasteiger partial charge in [0.15, 0.2) is 12.0 Å². The van der Waals surface area contributed by atoms with Crippen molar-refractivity contribution in [3.63, 3.8) is 0 Å². The fourth-order valence-electron chi connectivity index (χ4n) is 2.40. The van der Waals surface area contributed by atoms with Gasteiger partial charge in [-0.2, -0.15) is 15.0 Å². The highest BCUT2D eigenvalue weighted by Crippen LogP contribution is 2.33. The summed E-state index contributed by atoms with van der Waals surface area (Å²) in [6.45, 7) is 7.78. The van der Waals surface area contributed by atoms with E-state index in [9.17, 15) is 0 Å². The predicted octanol–water partition coefficient (Wildman–Crippen LogP) is 2.57. The lowest BCUT2D eigenvalue weighted by Crippen LogP contribution is -2.07. The Bertz CT molecular complexity index is 819. The van der Waals surface area contributed by atoms with Crippen molar-refractivity contribution in [3.8, 4) is 0 Å². The minimum atomic E-state index is 0.192. The number of aryl methyl sites for hydroxylation is 3. The van der Waals surface area contributed by atoms with Crippen molar-refractivity contribution < 1.29 is 4.42 Å². The molecule has 21 heavy (non-hydrogen) atoms. The average Bonchev–Trinajstić information content (AvgIpc) is 2.90. The molecule has 0 saturated carbocycles. The van der Waals surface area contributed by atoms with Crippen LogP contribution >= 0.6 is 0 Å². The van der Waals surface area contributed by atoms with Crippen LogP contribution in [0.15, 0.2) is 10.8 Å². The molecule has 0 spiro atoms. The summed E-state index contributed by atoms with van der Waals surface area (Å²) in [6.07, 6.45) is 1.46. The molecular formula is C14H16N6O. The lowest BCUT2D eigenvalue weighted by molar-refractivity contribution is 0.600. The van der Waals surface area contributed by atoms with Crippen molar-refractivity contribution in [2.45, 2.75) is 27.7 Å². The zero-order chi connectivity index (χ0) is 15.1. The predicted molar refractivity (Wildman–Crippen MR) is 80.5 cm³/mol. The zero-order valence-corrected chi connectivity index (χ0v) is 12.4. The molecule has 3 rings (SSSR count). The van der Waals surface area contributed by atoms with E-state index >= 15 is 0 Å². The van der Waals surface area contributed by atoms with Crippen LogP contribution in [0.25, 0.3) is 11.1 Å². The highest BCUT2D eigenvalue weighted by Gasteiger charge is 2.16. The van der Waals surface area contributed by atoms with E-state index in [-0.39, 0.29) is 5.95 Å². The number of rotatable bonds is 2. The maximum atomic E-state index is 5.66. The molecule has 0 aliphatic rings. The second-order valence-corrected chi connectivity index (χ2v) is 4.97. The number of nitrogen functional groups attached to an aromatic ring is 1. The summed E-state index contributed by atoms with van der Waals surface area (Å²) in [4.78, 5) is 16.6. The number of fused-ring (bicyclic) bond motifs is 1. The summed E-state index contributed by atoms with van der Waals surface area (Å²) in [7, 11) is 0. The molecule has 0 fully saturated rings. The lowest BCUT2D eigenvalue weighted by atomic mass is 10.0. The highest BCUT2D eigenvalue weighted by atomic mass is 16.3. The quantitative estimate of drug-likeness (QED) is 0.745. The monoisotopic (exact) mass is 284 g/mol. The molecule has 3 aromatic rings. The van der Waals surface area contributed by atoms with Gasteiger partial charge < -0.3 is 15.5 Å². The van der Waals surface area contributed by atoms with E-state index in [1.807, 2.05) is 20.8 Å². The van der Waals surface area contributed by atoms with Crippen LogP contribution in [-0.2, 0) is 0 Å². The third-order valence-electron chi connectivity index (χ3n) is 3.58. The van der Waals surface area contributed by atoms with Gasteiger partial charge in [0.05, 0.1) is 5.69 Å². The van der Waals surface area contributed by atoms with Crippen molar-refractivity contribution in [2.24, 2.45) is 0 Å². The largest absolute Gasteiger partial charge is 0.443 e. The minimum absolute atomic E-state index is 0.192. The topological polar surface area (TPSA) is 103 Å². The molecule has 3 N–H and O–H groups in total. The Kier molecular flexibility index (Phi) is 2.97. The van der Waals surface area contributed by atoms with E-state index in [1.165, 1.54) is 6.39 Å². The van der Waals surface area contributed by atoms with Crippen LogP contribution < -0.4 is 11.1 Å². The fraction of sp³-hybridized carbons (Fsp3) is 0.286. The average molecular weight is 284 g/mol. The van der Waals surface area contributed by atoms with Crippen LogP contribution in [0.5, 0.6) is 0 Å². The lowest BCUT2D eigenvalue weighted by Gasteiger charge is -2.14. The molecule has 7 heteroatoms. The summed E-state index contributed by atoms with van der Waals surface area (Å²) in [6, 6.07) is 0. The Labute approximate surface area is 121 Å². The third kappa shape index (κ3) is 2.16. The molecule has 0 amide bonds. The summed E-state index contributed by atoms with van der Waals surface area (Å²) in [5.41, 5.74) is 11.3. The van der Waals surface area contributed by atoms with E-state index in [0.29, 0.717) is 11.8 Å². The van der Waals surface area contributed by atoms with Gasteiger partial charge in [0, 0.05) is 5.56 Å². The number of nitrogens with one attached hydrogen (secondary N) is 1. The number of nitrogens with two attached hydrogens (primary N) is 1.